The van der Waals surface area contributed by atoms with Crippen LogP contribution in [0.5, 0.6) is 17.2 Å². The van der Waals surface area contributed by atoms with Gasteiger partial charge in [-0.2, -0.15) is 4.98 Å². The van der Waals surface area contributed by atoms with Gasteiger partial charge in [0.1, 0.15) is 5.82 Å². The molecule has 146 valence electrons. The second kappa shape index (κ2) is 7.77. The van der Waals surface area contributed by atoms with Gasteiger partial charge in [0.2, 0.25) is 11.7 Å². The first-order chi connectivity index (χ1) is 13.0. The number of rotatable bonds is 6. The Kier molecular flexibility index (Phi) is 5.43. The number of aromatic nitrogens is 2. The fourth-order valence-corrected chi connectivity index (χ4v) is 3.64. The first-order valence-corrected chi connectivity index (χ1v) is 8.92. The highest BCUT2D eigenvalue weighted by Crippen LogP contribution is 2.43. The highest BCUT2D eigenvalue weighted by Gasteiger charge is 2.24. The molecule has 0 spiro atoms. The normalized spacial score (nSPS) is 15.8. The zero-order valence-electron chi connectivity index (χ0n) is 16.3. The molecule has 1 aromatic heterocycles. The number of nitrogen functional groups attached to an aromatic ring is 2. The van der Waals surface area contributed by atoms with Crippen molar-refractivity contribution < 1.29 is 14.2 Å². The number of nitrogens with two attached hydrogens (primary N) is 2. The van der Waals surface area contributed by atoms with E-state index in [1.54, 1.807) is 21.3 Å². The lowest BCUT2D eigenvalue weighted by atomic mass is 9.86. The van der Waals surface area contributed by atoms with E-state index in [1.807, 2.05) is 13.0 Å². The lowest BCUT2D eigenvalue weighted by Gasteiger charge is -2.26. The Bertz CT molecular complexity index is 841. The van der Waals surface area contributed by atoms with E-state index in [9.17, 15) is 0 Å². The van der Waals surface area contributed by atoms with Crippen LogP contribution < -0.4 is 31.0 Å². The molecule has 8 nitrogen and oxygen atoms in total. The van der Waals surface area contributed by atoms with Crippen molar-refractivity contribution in [3.05, 3.63) is 22.9 Å². The molecule has 1 atom stereocenters. The van der Waals surface area contributed by atoms with Gasteiger partial charge < -0.3 is 31.0 Å². The highest BCUT2D eigenvalue weighted by molar-refractivity contribution is 5.68. The molecule has 0 saturated heterocycles. The molecule has 0 saturated carbocycles. The molecule has 1 aromatic carbocycles. The molecule has 8 heteroatoms. The van der Waals surface area contributed by atoms with Gasteiger partial charge in [0.05, 0.1) is 27.0 Å². The minimum Gasteiger partial charge on any atom is -0.493 e. The van der Waals surface area contributed by atoms with E-state index in [0.29, 0.717) is 29.0 Å². The van der Waals surface area contributed by atoms with E-state index in [2.05, 4.69) is 15.3 Å². The minimum atomic E-state index is 0.246. The third-order valence-electron chi connectivity index (χ3n) is 5.08. The van der Waals surface area contributed by atoms with Gasteiger partial charge >= 0.3 is 0 Å². The maximum atomic E-state index is 6.05. The molecule has 0 fully saturated rings. The highest BCUT2D eigenvalue weighted by atomic mass is 16.5. The van der Waals surface area contributed by atoms with Crippen molar-refractivity contribution in [2.75, 3.05) is 44.7 Å². The van der Waals surface area contributed by atoms with Crippen LogP contribution in [0.3, 0.4) is 0 Å². The van der Waals surface area contributed by atoms with Gasteiger partial charge in [-0.25, -0.2) is 4.98 Å². The Hall–Kier alpha value is -2.90. The van der Waals surface area contributed by atoms with Gasteiger partial charge in [-0.3, -0.25) is 0 Å². The van der Waals surface area contributed by atoms with E-state index in [4.69, 9.17) is 25.7 Å². The summed E-state index contributed by atoms with van der Waals surface area (Å²) >= 11 is 0. The summed E-state index contributed by atoms with van der Waals surface area (Å²) in [5.74, 6) is 3.05. The van der Waals surface area contributed by atoms with Crippen LogP contribution in [0.1, 0.15) is 23.2 Å². The number of hydrogen-bond donors (Lipinski definition) is 3. The average molecular weight is 373 g/mol. The fourth-order valence-electron chi connectivity index (χ4n) is 3.64. The zero-order valence-corrected chi connectivity index (χ0v) is 16.3. The summed E-state index contributed by atoms with van der Waals surface area (Å²) in [4.78, 5) is 8.42. The molecule has 2 aromatic rings. The third-order valence-corrected chi connectivity index (χ3v) is 5.08. The van der Waals surface area contributed by atoms with Gasteiger partial charge in [-0.1, -0.05) is 0 Å². The fraction of sp³-hybridized carbons (Fsp3) is 0.474. The maximum absolute atomic E-state index is 6.05. The second-order valence-electron chi connectivity index (χ2n) is 6.70. The lowest BCUT2D eigenvalue weighted by molar-refractivity contribution is 0.323. The molecule has 0 amide bonds. The number of hydrogen-bond acceptors (Lipinski definition) is 8. The number of anilines is 3. The second-order valence-corrected chi connectivity index (χ2v) is 6.70. The van der Waals surface area contributed by atoms with Gasteiger partial charge in [0, 0.05) is 29.4 Å². The van der Waals surface area contributed by atoms with Crippen molar-refractivity contribution in [3.8, 4) is 17.2 Å². The predicted octanol–water partition coefficient (Wildman–Crippen LogP) is 2.19. The first-order valence-electron chi connectivity index (χ1n) is 8.92. The molecule has 1 aliphatic carbocycles. The van der Waals surface area contributed by atoms with E-state index in [-0.39, 0.29) is 5.95 Å². The zero-order chi connectivity index (χ0) is 19.6. The first kappa shape index (κ1) is 18.9. The Morgan fingerprint density at radius 2 is 1.85 bits per heavy atom. The largest absolute Gasteiger partial charge is 0.493 e. The summed E-state index contributed by atoms with van der Waals surface area (Å²) in [6, 6.07) is 1.94. The van der Waals surface area contributed by atoms with Crippen molar-refractivity contribution in [1.82, 2.24) is 9.97 Å². The summed E-state index contributed by atoms with van der Waals surface area (Å²) in [6.45, 7) is 2.79. The Labute approximate surface area is 159 Å². The molecule has 27 heavy (non-hydrogen) atoms. The summed E-state index contributed by atoms with van der Waals surface area (Å²) in [7, 11) is 4.84. The SMILES string of the molecule is COc1cc(NC[C@@H]2CCc3nc(N)nc(N)c3C2)c(C)c(OC)c1OC. The molecule has 1 aliphatic rings. The summed E-state index contributed by atoms with van der Waals surface area (Å²) in [5.41, 5.74) is 15.7. The summed E-state index contributed by atoms with van der Waals surface area (Å²) < 4.78 is 16.4. The number of ether oxygens (including phenoxy) is 3. The molecular weight excluding hydrogens is 346 g/mol. The number of aryl methyl sites for hydroxylation is 1. The van der Waals surface area contributed by atoms with Crippen LogP contribution in [0.4, 0.5) is 17.5 Å². The van der Waals surface area contributed by atoms with Crippen molar-refractivity contribution >= 4 is 17.5 Å². The molecule has 0 unspecified atom stereocenters. The van der Waals surface area contributed by atoms with Gasteiger partial charge in [0.15, 0.2) is 11.5 Å². The number of fused-ring (bicyclic) bond motifs is 1. The van der Waals surface area contributed by atoms with Crippen molar-refractivity contribution in [3.63, 3.8) is 0 Å². The van der Waals surface area contributed by atoms with Crippen LogP contribution in [0.15, 0.2) is 6.07 Å². The standard InChI is InChI=1S/C19H27N5O3/c1-10-14(8-15(25-2)17(27-4)16(10)26-3)22-9-11-5-6-13-12(7-11)18(20)24-19(21)23-13/h8,11,22H,5-7,9H2,1-4H3,(H4,20,21,23,24)/t11-/m1/s1. The van der Waals surface area contributed by atoms with E-state index in [0.717, 1.165) is 48.3 Å². The van der Waals surface area contributed by atoms with Gasteiger partial charge in [-0.05, 0) is 32.1 Å². The minimum absolute atomic E-state index is 0.246. The molecule has 0 aliphatic heterocycles. The molecular formula is C19H27N5O3. The predicted molar refractivity (Wildman–Crippen MR) is 106 cm³/mol. The topological polar surface area (TPSA) is 118 Å². The molecule has 0 bridgehead atoms. The summed E-state index contributed by atoms with van der Waals surface area (Å²) in [5, 5.41) is 3.52. The van der Waals surface area contributed by atoms with Gasteiger partial charge in [-0.15, -0.1) is 0 Å². The van der Waals surface area contributed by atoms with Crippen molar-refractivity contribution in [2.45, 2.75) is 26.2 Å². The van der Waals surface area contributed by atoms with E-state index >= 15 is 0 Å². The smallest absolute Gasteiger partial charge is 0.222 e. The van der Waals surface area contributed by atoms with Crippen LogP contribution in [0.2, 0.25) is 0 Å². The molecule has 5 N–H and O–H groups in total. The van der Waals surface area contributed by atoms with Crippen molar-refractivity contribution in [1.29, 1.82) is 0 Å². The molecule has 3 rings (SSSR count). The number of benzene rings is 1. The Morgan fingerprint density at radius 1 is 1.11 bits per heavy atom. The van der Waals surface area contributed by atoms with Crippen LogP contribution in [0, 0.1) is 12.8 Å². The average Bonchev–Trinajstić information content (AvgIpc) is 2.66. The van der Waals surface area contributed by atoms with Crippen LogP contribution in [0.25, 0.3) is 0 Å². The lowest BCUT2D eigenvalue weighted by Crippen LogP contribution is -2.24. The monoisotopic (exact) mass is 373 g/mol. The van der Waals surface area contributed by atoms with Crippen LogP contribution >= 0.6 is 0 Å². The van der Waals surface area contributed by atoms with Crippen LogP contribution in [-0.2, 0) is 12.8 Å². The quantitative estimate of drug-likeness (QED) is 0.705. The summed E-state index contributed by atoms with van der Waals surface area (Å²) in [6.07, 6.45) is 2.70. The Morgan fingerprint density at radius 3 is 2.52 bits per heavy atom. The molecule has 1 heterocycles. The van der Waals surface area contributed by atoms with Gasteiger partial charge in [0.25, 0.3) is 0 Å². The third kappa shape index (κ3) is 3.65. The van der Waals surface area contributed by atoms with E-state index < -0.39 is 0 Å². The molecule has 0 radical (unpaired) electrons. The number of nitrogens with zero attached hydrogens (tertiary/aromatic N) is 2. The van der Waals surface area contributed by atoms with Crippen LogP contribution in [-0.4, -0.2) is 37.8 Å². The van der Waals surface area contributed by atoms with Crippen molar-refractivity contribution in [2.24, 2.45) is 5.92 Å². The number of methoxy groups -OCH3 is 3. The van der Waals surface area contributed by atoms with E-state index in [1.165, 1.54) is 0 Å². The number of nitrogens with one attached hydrogen (secondary N) is 1. The Balaban J connectivity index is 1.77. The maximum Gasteiger partial charge on any atom is 0.222 e.